The third-order valence-corrected chi connectivity index (χ3v) is 6.44. The van der Waals surface area contributed by atoms with Crippen molar-refractivity contribution in [2.75, 3.05) is 12.4 Å². The van der Waals surface area contributed by atoms with E-state index in [1.54, 1.807) is 7.11 Å². The van der Waals surface area contributed by atoms with Crippen molar-refractivity contribution < 1.29 is 14.6 Å². The number of hydrogen-bond donors (Lipinski definition) is 3. The summed E-state index contributed by atoms with van der Waals surface area (Å²) in [6.07, 6.45) is 7.39. The molecule has 1 saturated carbocycles. The number of carboxylic acid groups (broad SMARTS) is 1. The van der Waals surface area contributed by atoms with Gasteiger partial charge in [-0.05, 0) is 48.6 Å². The fourth-order valence-corrected chi connectivity index (χ4v) is 4.76. The van der Waals surface area contributed by atoms with E-state index in [1.807, 2.05) is 30.5 Å². The van der Waals surface area contributed by atoms with Gasteiger partial charge < -0.3 is 20.1 Å². The topological polar surface area (TPSA) is 74.3 Å². The summed E-state index contributed by atoms with van der Waals surface area (Å²) in [4.78, 5) is 15.4. The lowest BCUT2D eigenvalue weighted by molar-refractivity contribution is -0.139. The second kappa shape index (κ2) is 8.82. The summed E-state index contributed by atoms with van der Waals surface area (Å²) in [5.41, 5.74) is 5.10. The van der Waals surface area contributed by atoms with Crippen LogP contribution in [-0.2, 0) is 11.3 Å². The smallest absolute Gasteiger partial charge is 0.311 e. The third kappa shape index (κ3) is 4.16. The second-order valence-corrected chi connectivity index (χ2v) is 8.40. The Morgan fingerprint density at radius 1 is 1.27 bits per heavy atom. The molecular weight excluding hydrogens is 376 g/mol. The van der Waals surface area contributed by atoms with Gasteiger partial charge in [-0.1, -0.05) is 43.9 Å². The summed E-state index contributed by atoms with van der Waals surface area (Å²) >= 11 is 0. The van der Waals surface area contributed by atoms with Gasteiger partial charge in [0.15, 0.2) is 0 Å². The minimum Gasteiger partial charge on any atom is -0.496 e. The number of H-pyrrole nitrogens is 1. The SMILES string of the molecule is COc1ccccc1CNc1cc2[nH]cc(C(CC3CCCC3)C(=O)O)c2cc1C. The summed E-state index contributed by atoms with van der Waals surface area (Å²) < 4.78 is 5.44. The van der Waals surface area contributed by atoms with Crippen LogP contribution < -0.4 is 10.1 Å². The molecule has 158 valence electrons. The molecular formula is C25H30N2O3. The third-order valence-electron chi connectivity index (χ3n) is 6.44. The molecule has 0 radical (unpaired) electrons. The molecule has 5 heteroatoms. The molecule has 1 unspecified atom stereocenters. The Bertz CT molecular complexity index is 1030. The Kier molecular flexibility index (Phi) is 5.98. The lowest BCUT2D eigenvalue weighted by atomic mass is 9.87. The summed E-state index contributed by atoms with van der Waals surface area (Å²) in [6, 6.07) is 12.2. The van der Waals surface area contributed by atoms with Gasteiger partial charge in [0.1, 0.15) is 5.75 Å². The molecule has 0 aliphatic heterocycles. The molecule has 5 nitrogen and oxygen atoms in total. The maximum absolute atomic E-state index is 12.1. The molecule has 3 N–H and O–H groups in total. The number of aliphatic carboxylic acids is 1. The Labute approximate surface area is 177 Å². The number of anilines is 1. The lowest BCUT2D eigenvalue weighted by Gasteiger charge is -2.17. The van der Waals surface area contributed by atoms with Crippen LogP contribution >= 0.6 is 0 Å². The number of aromatic nitrogens is 1. The molecule has 0 spiro atoms. The molecule has 1 aliphatic carbocycles. The van der Waals surface area contributed by atoms with Gasteiger partial charge in [0.2, 0.25) is 0 Å². The van der Waals surface area contributed by atoms with Crippen molar-refractivity contribution in [1.82, 2.24) is 4.98 Å². The van der Waals surface area contributed by atoms with Crippen molar-refractivity contribution in [2.45, 2.75) is 51.5 Å². The van der Waals surface area contributed by atoms with Gasteiger partial charge in [0, 0.05) is 34.9 Å². The molecule has 1 heterocycles. The number of carbonyl (C=O) groups is 1. The van der Waals surface area contributed by atoms with E-state index in [9.17, 15) is 9.90 Å². The van der Waals surface area contributed by atoms with Crippen molar-refractivity contribution in [3.63, 3.8) is 0 Å². The number of aromatic amines is 1. The zero-order valence-electron chi connectivity index (χ0n) is 17.7. The fourth-order valence-electron chi connectivity index (χ4n) is 4.76. The van der Waals surface area contributed by atoms with Crippen LogP contribution in [0.15, 0.2) is 42.6 Å². The number of ether oxygens (including phenoxy) is 1. The number of aryl methyl sites for hydroxylation is 1. The average Bonchev–Trinajstić information content (AvgIpc) is 3.40. The lowest BCUT2D eigenvalue weighted by Crippen LogP contribution is -2.14. The Balaban J connectivity index is 1.58. The van der Waals surface area contributed by atoms with E-state index < -0.39 is 11.9 Å². The van der Waals surface area contributed by atoms with Gasteiger partial charge in [-0.3, -0.25) is 4.79 Å². The molecule has 30 heavy (non-hydrogen) atoms. The largest absolute Gasteiger partial charge is 0.496 e. The number of hydrogen-bond acceptors (Lipinski definition) is 3. The van der Waals surface area contributed by atoms with E-state index in [4.69, 9.17) is 4.74 Å². The Morgan fingerprint density at radius 3 is 2.77 bits per heavy atom. The summed E-state index contributed by atoms with van der Waals surface area (Å²) in [5, 5.41) is 14.4. The van der Waals surface area contributed by atoms with Crippen LogP contribution in [0.5, 0.6) is 5.75 Å². The maximum atomic E-state index is 12.1. The first-order valence-corrected chi connectivity index (χ1v) is 10.8. The van der Waals surface area contributed by atoms with Crippen LogP contribution in [-0.4, -0.2) is 23.2 Å². The van der Waals surface area contributed by atoms with E-state index >= 15 is 0 Å². The number of carboxylic acids is 1. The Morgan fingerprint density at radius 2 is 2.03 bits per heavy atom. The van der Waals surface area contributed by atoms with E-state index in [0.717, 1.165) is 58.3 Å². The number of fused-ring (bicyclic) bond motifs is 1. The quantitative estimate of drug-likeness (QED) is 0.439. The molecule has 0 saturated heterocycles. The molecule has 3 aromatic rings. The highest BCUT2D eigenvalue weighted by atomic mass is 16.5. The van der Waals surface area contributed by atoms with Gasteiger partial charge in [-0.15, -0.1) is 0 Å². The van der Waals surface area contributed by atoms with E-state index in [1.165, 1.54) is 12.8 Å². The summed E-state index contributed by atoms with van der Waals surface area (Å²) in [7, 11) is 1.68. The number of rotatable bonds is 8. The monoisotopic (exact) mass is 406 g/mol. The first-order chi connectivity index (χ1) is 14.6. The molecule has 1 atom stereocenters. The van der Waals surface area contributed by atoms with Crippen LogP contribution in [0.2, 0.25) is 0 Å². The molecule has 4 rings (SSSR count). The first-order valence-electron chi connectivity index (χ1n) is 10.8. The van der Waals surface area contributed by atoms with Crippen molar-refractivity contribution >= 4 is 22.6 Å². The minimum atomic E-state index is -0.723. The molecule has 1 aliphatic rings. The summed E-state index contributed by atoms with van der Waals surface area (Å²) in [5.74, 6) is 0.216. The van der Waals surface area contributed by atoms with Crippen molar-refractivity contribution in [2.24, 2.45) is 5.92 Å². The first kappa shape index (κ1) is 20.3. The van der Waals surface area contributed by atoms with E-state index in [-0.39, 0.29) is 0 Å². The molecule has 0 amide bonds. The van der Waals surface area contributed by atoms with Crippen molar-refractivity contribution in [3.8, 4) is 5.75 Å². The van der Waals surface area contributed by atoms with E-state index in [0.29, 0.717) is 12.5 Å². The highest BCUT2D eigenvalue weighted by Crippen LogP contribution is 2.38. The highest BCUT2D eigenvalue weighted by Gasteiger charge is 2.28. The standard InChI is InChI=1S/C25H30N2O3/c1-16-11-19-21(20(25(28)29)12-17-7-3-4-8-17)15-27-23(19)13-22(16)26-14-18-9-5-6-10-24(18)30-2/h5-6,9-11,13,15,17,20,26-27H,3-4,7-8,12,14H2,1-2H3,(H,28,29). The number of benzene rings is 2. The van der Waals surface area contributed by atoms with Crippen LogP contribution in [0.25, 0.3) is 10.9 Å². The van der Waals surface area contributed by atoms with Gasteiger partial charge in [0.25, 0.3) is 0 Å². The Hall–Kier alpha value is -2.95. The maximum Gasteiger partial charge on any atom is 0.311 e. The number of para-hydroxylation sites is 1. The zero-order valence-corrected chi connectivity index (χ0v) is 17.7. The van der Waals surface area contributed by atoms with Crippen LogP contribution in [0.1, 0.15) is 54.7 Å². The highest BCUT2D eigenvalue weighted by molar-refractivity contribution is 5.92. The van der Waals surface area contributed by atoms with Gasteiger partial charge in [-0.25, -0.2) is 0 Å². The second-order valence-electron chi connectivity index (χ2n) is 8.40. The van der Waals surface area contributed by atoms with Gasteiger partial charge in [-0.2, -0.15) is 0 Å². The molecule has 0 bridgehead atoms. The normalized spacial score (nSPS) is 15.4. The summed E-state index contributed by atoms with van der Waals surface area (Å²) in [6.45, 7) is 2.72. The zero-order chi connectivity index (χ0) is 21.1. The van der Waals surface area contributed by atoms with Crippen molar-refractivity contribution in [3.05, 3.63) is 59.3 Å². The molecule has 2 aromatic carbocycles. The van der Waals surface area contributed by atoms with Crippen molar-refractivity contribution in [1.29, 1.82) is 0 Å². The van der Waals surface area contributed by atoms with Crippen LogP contribution in [0, 0.1) is 12.8 Å². The van der Waals surface area contributed by atoms with Crippen LogP contribution in [0.3, 0.4) is 0 Å². The van der Waals surface area contributed by atoms with Gasteiger partial charge in [0.05, 0.1) is 13.0 Å². The van der Waals surface area contributed by atoms with Crippen LogP contribution in [0.4, 0.5) is 5.69 Å². The molecule has 1 aromatic heterocycles. The van der Waals surface area contributed by atoms with Gasteiger partial charge >= 0.3 is 5.97 Å². The molecule has 1 fully saturated rings. The fraction of sp³-hybridized carbons (Fsp3) is 0.400. The predicted molar refractivity (Wildman–Crippen MR) is 120 cm³/mol. The minimum absolute atomic E-state index is 0.450. The average molecular weight is 407 g/mol. The number of nitrogens with one attached hydrogen (secondary N) is 2. The predicted octanol–water partition coefficient (Wildman–Crippen LogP) is 5.85. The number of methoxy groups -OCH3 is 1. The van der Waals surface area contributed by atoms with E-state index in [2.05, 4.69) is 29.4 Å².